The minimum absolute atomic E-state index is 0.248. The van der Waals surface area contributed by atoms with Gasteiger partial charge in [-0.15, -0.1) is 11.6 Å². The molecule has 2 aromatic heterocycles. The third kappa shape index (κ3) is 2.29. The van der Waals surface area contributed by atoms with Crippen molar-refractivity contribution in [2.75, 3.05) is 0 Å². The molecule has 0 amide bonds. The maximum absolute atomic E-state index is 13.3. The van der Waals surface area contributed by atoms with E-state index in [1.807, 2.05) is 24.7 Å². The van der Waals surface area contributed by atoms with Gasteiger partial charge in [0.2, 0.25) is 0 Å². The lowest BCUT2D eigenvalue weighted by molar-refractivity contribution is 0.629. The monoisotopic (exact) mass is 292 g/mol. The number of aryl methyl sites for hydroxylation is 1. The molecular weight excluding hydrogens is 279 g/mol. The molecule has 0 aliphatic heterocycles. The van der Waals surface area contributed by atoms with Gasteiger partial charge >= 0.3 is 0 Å². The van der Waals surface area contributed by atoms with E-state index in [-0.39, 0.29) is 11.2 Å². The standard InChI is InChI=1S/C14H14ClFN4/c1-9(15)14-18-12-5-11(16)3-4-13(12)20(14)8-10-6-17-19(2)7-10/h3-7,9H,8H2,1-2H3. The summed E-state index contributed by atoms with van der Waals surface area (Å²) in [7, 11) is 1.87. The third-order valence-electron chi connectivity index (χ3n) is 3.19. The van der Waals surface area contributed by atoms with Gasteiger partial charge in [-0.25, -0.2) is 9.37 Å². The van der Waals surface area contributed by atoms with Gasteiger partial charge in [-0.2, -0.15) is 5.10 Å². The van der Waals surface area contributed by atoms with Crippen molar-refractivity contribution in [1.82, 2.24) is 19.3 Å². The molecular formula is C14H14ClFN4. The van der Waals surface area contributed by atoms with E-state index >= 15 is 0 Å². The van der Waals surface area contributed by atoms with Gasteiger partial charge in [0.1, 0.15) is 11.6 Å². The van der Waals surface area contributed by atoms with E-state index in [4.69, 9.17) is 11.6 Å². The minimum atomic E-state index is -0.294. The fraction of sp³-hybridized carbons (Fsp3) is 0.286. The van der Waals surface area contributed by atoms with Gasteiger partial charge < -0.3 is 4.57 Å². The molecule has 6 heteroatoms. The van der Waals surface area contributed by atoms with E-state index in [2.05, 4.69) is 10.1 Å². The first-order valence-electron chi connectivity index (χ1n) is 6.32. The number of nitrogens with zero attached hydrogens (tertiary/aromatic N) is 4. The Morgan fingerprint density at radius 3 is 2.85 bits per heavy atom. The van der Waals surface area contributed by atoms with Gasteiger partial charge in [-0.1, -0.05) is 0 Å². The quantitative estimate of drug-likeness (QED) is 0.695. The number of benzene rings is 1. The highest BCUT2D eigenvalue weighted by atomic mass is 35.5. The number of rotatable bonds is 3. The molecule has 3 aromatic rings. The van der Waals surface area contributed by atoms with Crippen LogP contribution in [-0.4, -0.2) is 19.3 Å². The summed E-state index contributed by atoms with van der Waals surface area (Å²) >= 11 is 6.19. The molecule has 0 radical (unpaired) electrons. The first-order valence-corrected chi connectivity index (χ1v) is 6.75. The molecule has 0 spiro atoms. The van der Waals surface area contributed by atoms with Crippen molar-refractivity contribution in [3.63, 3.8) is 0 Å². The molecule has 104 valence electrons. The molecule has 0 saturated heterocycles. The van der Waals surface area contributed by atoms with Crippen LogP contribution in [0.15, 0.2) is 30.6 Å². The van der Waals surface area contributed by atoms with Crippen molar-refractivity contribution in [1.29, 1.82) is 0 Å². The number of hydrogen-bond acceptors (Lipinski definition) is 2. The largest absolute Gasteiger partial charge is 0.322 e. The maximum atomic E-state index is 13.3. The summed E-state index contributed by atoms with van der Waals surface area (Å²) in [6.07, 6.45) is 3.75. The van der Waals surface area contributed by atoms with Crippen molar-refractivity contribution in [3.8, 4) is 0 Å². The fourth-order valence-electron chi connectivity index (χ4n) is 2.33. The summed E-state index contributed by atoms with van der Waals surface area (Å²) in [5, 5.41) is 3.91. The fourth-order valence-corrected chi connectivity index (χ4v) is 2.49. The zero-order chi connectivity index (χ0) is 14.3. The summed E-state index contributed by atoms with van der Waals surface area (Å²) in [5.41, 5.74) is 2.55. The van der Waals surface area contributed by atoms with E-state index in [1.165, 1.54) is 12.1 Å². The first-order chi connectivity index (χ1) is 9.54. The predicted octanol–water partition coefficient (Wildman–Crippen LogP) is 3.26. The van der Waals surface area contributed by atoms with Crippen LogP contribution in [0.5, 0.6) is 0 Å². The molecule has 1 atom stereocenters. The van der Waals surface area contributed by atoms with Crippen LogP contribution in [0.3, 0.4) is 0 Å². The highest BCUT2D eigenvalue weighted by molar-refractivity contribution is 6.20. The predicted molar refractivity (Wildman–Crippen MR) is 76.3 cm³/mol. The van der Waals surface area contributed by atoms with Crippen LogP contribution in [0.1, 0.15) is 23.7 Å². The minimum Gasteiger partial charge on any atom is -0.322 e. The summed E-state index contributed by atoms with van der Waals surface area (Å²) < 4.78 is 17.1. The van der Waals surface area contributed by atoms with Crippen molar-refractivity contribution < 1.29 is 4.39 Å². The van der Waals surface area contributed by atoms with E-state index in [0.717, 1.165) is 16.9 Å². The zero-order valence-corrected chi connectivity index (χ0v) is 12.0. The number of aromatic nitrogens is 4. The Labute approximate surface area is 120 Å². The second kappa shape index (κ2) is 4.90. The van der Waals surface area contributed by atoms with Gasteiger partial charge in [0, 0.05) is 24.9 Å². The number of halogens is 2. The Morgan fingerprint density at radius 2 is 2.20 bits per heavy atom. The Kier molecular flexibility index (Phi) is 3.22. The van der Waals surface area contributed by atoms with Crippen LogP contribution < -0.4 is 0 Å². The summed E-state index contributed by atoms with van der Waals surface area (Å²) in [5.74, 6) is 0.438. The van der Waals surface area contributed by atoms with Crippen LogP contribution >= 0.6 is 11.6 Å². The molecule has 20 heavy (non-hydrogen) atoms. The molecule has 4 nitrogen and oxygen atoms in total. The average Bonchev–Trinajstić information content (AvgIpc) is 2.94. The lowest BCUT2D eigenvalue weighted by Crippen LogP contribution is -2.05. The molecule has 1 aromatic carbocycles. The SMILES string of the molecule is CC(Cl)c1nc2cc(F)ccc2n1Cc1cnn(C)c1. The summed E-state index contributed by atoms with van der Waals surface area (Å²) in [4.78, 5) is 4.44. The highest BCUT2D eigenvalue weighted by Gasteiger charge is 2.16. The molecule has 2 heterocycles. The number of imidazole rings is 1. The Balaban J connectivity index is 2.13. The number of alkyl halides is 1. The van der Waals surface area contributed by atoms with Crippen LogP contribution in [0.4, 0.5) is 4.39 Å². The second-order valence-electron chi connectivity index (χ2n) is 4.83. The summed E-state index contributed by atoms with van der Waals surface area (Å²) in [6, 6.07) is 4.60. The Bertz CT molecular complexity index is 760. The highest BCUT2D eigenvalue weighted by Crippen LogP contribution is 2.26. The molecule has 0 aliphatic rings. The Morgan fingerprint density at radius 1 is 1.40 bits per heavy atom. The molecule has 0 aliphatic carbocycles. The molecule has 1 unspecified atom stereocenters. The first kappa shape index (κ1) is 13.1. The maximum Gasteiger partial charge on any atom is 0.128 e. The van der Waals surface area contributed by atoms with Gasteiger partial charge in [0.05, 0.1) is 29.2 Å². The smallest absolute Gasteiger partial charge is 0.128 e. The van der Waals surface area contributed by atoms with Crippen molar-refractivity contribution in [2.24, 2.45) is 7.05 Å². The number of fused-ring (bicyclic) bond motifs is 1. The topological polar surface area (TPSA) is 35.6 Å². The second-order valence-corrected chi connectivity index (χ2v) is 5.48. The summed E-state index contributed by atoms with van der Waals surface area (Å²) in [6.45, 7) is 2.47. The van der Waals surface area contributed by atoms with E-state index in [9.17, 15) is 4.39 Å². The zero-order valence-electron chi connectivity index (χ0n) is 11.2. The van der Waals surface area contributed by atoms with Crippen molar-refractivity contribution >= 4 is 22.6 Å². The average molecular weight is 293 g/mol. The molecule has 0 N–H and O–H groups in total. The van der Waals surface area contributed by atoms with Crippen LogP contribution in [-0.2, 0) is 13.6 Å². The number of hydrogen-bond donors (Lipinski definition) is 0. The molecule has 0 saturated carbocycles. The van der Waals surface area contributed by atoms with Gasteiger partial charge in [0.25, 0.3) is 0 Å². The molecule has 0 fully saturated rings. The van der Waals surface area contributed by atoms with Crippen molar-refractivity contribution in [2.45, 2.75) is 18.8 Å². The van der Waals surface area contributed by atoms with Crippen LogP contribution in [0.2, 0.25) is 0 Å². The van der Waals surface area contributed by atoms with Gasteiger partial charge in [-0.3, -0.25) is 4.68 Å². The van der Waals surface area contributed by atoms with E-state index in [1.54, 1.807) is 16.9 Å². The van der Waals surface area contributed by atoms with Crippen LogP contribution in [0.25, 0.3) is 11.0 Å². The van der Waals surface area contributed by atoms with Gasteiger partial charge in [-0.05, 0) is 19.1 Å². The lowest BCUT2D eigenvalue weighted by Gasteiger charge is -2.09. The molecule has 3 rings (SSSR count). The normalized spacial score (nSPS) is 13.0. The van der Waals surface area contributed by atoms with Crippen molar-refractivity contribution in [3.05, 3.63) is 47.8 Å². The molecule has 0 bridgehead atoms. The Hall–Kier alpha value is -1.88. The third-order valence-corrected chi connectivity index (χ3v) is 3.39. The van der Waals surface area contributed by atoms with E-state index < -0.39 is 0 Å². The van der Waals surface area contributed by atoms with Gasteiger partial charge in [0.15, 0.2) is 0 Å². The van der Waals surface area contributed by atoms with E-state index in [0.29, 0.717) is 12.1 Å². The lowest BCUT2D eigenvalue weighted by atomic mass is 10.3. The van der Waals surface area contributed by atoms with Crippen LogP contribution in [0, 0.1) is 5.82 Å².